The topological polar surface area (TPSA) is 63.7 Å². The van der Waals surface area contributed by atoms with Crippen molar-refractivity contribution in [3.8, 4) is 0 Å². The van der Waals surface area contributed by atoms with E-state index in [4.69, 9.17) is 4.74 Å². The van der Waals surface area contributed by atoms with Crippen LogP contribution < -0.4 is 0 Å². The van der Waals surface area contributed by atoms with Crippen LogP contribution in [0.25, 0.3) is 0 Å². The SMILES string of the molecule is CCOC(=O)[C@@]1(Cc2ccc(F)cc2F)CCCN(S(=O)(=O)CC)C1. The second-order valence-electron chi connectivity index (χ2n) is 6.25. The highest BCUT2D eigenvalue weighted by Gasteiger charge is 2.46. The number of halogens is 2. The van der Waals surface area contributed by atoms with E-state index >= 15 is 0 Å². The van der Waals surface area contributed by atoms with Crippen LogP contribution in [0.4, 0.5) is 8.78 Å². The van der Waals surface area contributed by atoms with E-state index < -0.39 is 33.0 Å². The molecule has 5 nitrogen and oxygen atoms in total. The number of ether oxygens (including phenoxy) is 1. The van der Waals surface area contributed by atoms with Crippen molar-refractivity contribution in [2.24, 2.45) is 5.41 Å². The van der Waals surface area contributed by atoms with E-state index in [0.717, 1.165) is 12.1 Å². The number of carbonyl (C=O) groups is 1. The molecule has 1 saturated heterocycles. The molecule has 8 heteroatoms. The predicted molar refractivity (Wildman–Crippen MR) is 89.4 cm³/mol. The molecule has 1 heterocycles. The van der Waals surface area contributed by atoms with Gasteiger partial charge in [-0.3, -0.25) is 4.79 Å². The van der Waals surface area contributed by atoms with Gasteiger partial charge in [0.25, 0.3) is 0 Å². The number of piperidine rings is 1. The Kier molecular flexibility index (Phi) is 6.16. The van der Waals surface area contributed by atoms with Crippen molar-refractivity contribution in [1.82, 2.24) is 4.31 Å². The summed E-state index contributed by atoms with van der Waals surface area (Å²) < 4.78 is 58.1. The van der Waals surface area contributed by atoms with E-state index in [0.29, 0.717) is 19.4 Å². The number of nitrogens with zero attached hydrogens (tertiary/aromatic N) is 1. The number of rotatable bonds is 6. The summed E-state index contributed by atoms with van der Waals surface area (Å²) in [6.45, 7) is 3.61. The predicted octanol–water partition coefficient (Wildman–Crippen LogP) is 2.50. The molecule has 1 atom stereocenters. The van der Waals surface area contributed by atoms with Crippen LogP contribution in [0, 0.1) is 17.0 Å². The Labute approximate surface area is 147 Å². The second kappa shape index (κ2) is 7.78. The van der Waals surface area contributed by atoms with Crippen LogP contribution in [-0.4, -0.2) is 44.1 Å². The van der Waals surface area contributed by atoms with Gasteiger partial charge in [-0.2, -0.15) is 0 Å². The molecule has 0 aromatic heterocycles. The lowest BCUT2D eigenvalue weighted by atomic mass is 9.75. The molecule has 1 aromatic carbocycles. The average Bonchev–Trinajstić information content (AvgIpc) is 2.58. The average molecular weight is 375 g/mol. The first kappa shape index (κ1) is 19.8. The molecule has 25 heavy (non-hydrogen) atoms. The summed E-state index contributed by atoms with van der Waals surface area (Å²) in [4.78, 5) is 12.6. The third kappa shape index (κ3) is 4.36. The number of hydrogen-bond donors (Lipinski definition) is 0. The van der Waals surface area contributed by atoms with Gasteiger partial charge in [0.2, 0.25) is 10.0 Å². The Morgan fingerprint density at radius 3 is 2.64 bits per heavy atom. The molecular weight excluding hydrogens is 352 g/mol. The maximum Gasteiger partial charge on any atom is 0.313 e. The molecule has 0 spiro atoms. The normalized spacial score (nSPS) is 21.9. The van der Waals surface area contributed by atoms with Crippen LogP contribution in [-0.2, 0) is 26.0 Å². The third-order valence-electron chi connectivity index (χ3n) is 4.55. The monoisotopic (exact) mass is 375 g/mol. The van der Waals surface area contributed by atoms with Gasteiger partial charge >= 0.3 is 5.97 Å². The molecule has 0 unspecified atom stereocenters. The minimum Gasteiger partial charge on any atom is -0.466 e. The molecule has 1 fully saturated rings. The number of esters is 1. The summed E-state index contributed by atoms with van der Waals surface area (Å²) in [5.41, 5.74) is -1.000. The molecule has 0 amide bonds. The highest BCUT2D eigenvalue weighted by molar-refractivity contribution is 7.89. The first-order valence-electron chi connectivity index (χ1n) is 8.33. The molecule has 0 aliphatic carbocycles. The number of carbonyl (C=O) groups excluding carboxylic acids is 1. The van der Waals surface area contributed by atoms with Crippen LogP contribution in [0.15, 0.2) is 18.2 Å². The van der Waals surface area contributed by atoms with E-state index in [9.17, 15) is 22.0 Å². The molecule has 140 valence electrons. The minimum atomic E-state index is -3.48. The van der Waals surface area contributed by atoms with Crippen molar-refractivity contribution in [2.75, 3.05) is 25.4 Å². The summed E-state index contributed by atoms with van der Waals surface area (Å²) >= 11 is 0. The van der Waals surface area contributed by atoms with Gasteiger partial charge in [-0.25, -0.2) is 21.5 Å². The fourth-order valence-electron chi connectivity index (χ4n) is 3.21. The molecule has 1 aliphatic heterocycles. The Bertz CT molecular complexity index is 738. The lowest BCUT2D eigenvalue weighted by molar-refractivity contribution is -0.157. The van der Waals surface area contributed by atoms with Gasteiger partial charge in [-0.1, -0.05) is 6.07 Å². The summed E-state index contributed by atoms with van der Waals surface area (Å²) in [7, 11) is -3.48. The van der Waals surface area contributed by atoms with Crippen LogP contribution in [0.1, 0.15) is 32.3 Å². The third-order valence-corrected chi connectivity index (χ3v) is 6.38. The number of benzene rings is 1. The highest BCUT2D eigenvalue weighted by Crippen LogP contribution is 2.37. The lowest BCUT2D eigenvalue weighted by Gasteiger charge is -2.40. The van der Waals surface area contributed by atoms with Crippen molar-refractivity contribution >= 4 is 16.0 Å². The zero-order chi connectivity index (χ0) is 18.7. The molecule has 1 aliphatic rings. The van der Waals surface area contributed by atoms with Gasteiger partial charge in [0.1, 0.15) is 11.6 Å². The zero-order valence-electron chi connectivity index (χ0n) is 14.4. The molecule has 0 radical (unpaired) electrons. The molecule has 0 N–H and O–H groups in total. The molecule has 2 rings (SSSR count). The smallest absolute Gasteiger partial charge is 0.313 e. The Hall–Kier alpha value is -1.54. The summed E-state index contributed by atoms with van der Waals surface area (Å²) in [5, 5.41) is 0. The molecule has 0 bridgehead atoms. The minimum absolute atomic E-state index is 0.0340. The molecule has 0 saturated carbocycles. The van der Waals surface area contributed by atoms with Gasteiger partial charge < -0.3 is 4.74 Å². The van der Waals surface area contributed by atoms with E-state index in [1.54, 1.807) is 6.92 Å². The first-order chi connectivity index (χ1) is 11.7. The van der Waals surface area contributed by atoms with E-state index in [-0.39, 0.29) is 30.9 Å². The van der Waals surface area contributed by atoms with Gasteiger partial charge in [0, 0.05) is 19.2 Å². The quantitative estimate of drug-likeness (QED) is 0.717. The van der Waals surface area contributed by atoms with Crippen LogP contribution in [0.5, 0.6) is 0 Å². The fraction of sp³-hybridized carbons (Fsp3) is 0.588. The summed E-state index contributed by atoms with van der Waals surface area (Å²) in [5.74, 6) is -2.07. The zero-order valence-corrected chi connectivity index (χ0v) is 15.2. The number of hydrogen-bond acceptors (Lipinski definition) is 4. The second-order valence-corrected chi connectivity index (χ2v) is 8.51. The van der Waals surface area contributed by atoms with Crippen molar-refractivity contribution in [1.29, 1.82) is 0 Å². The maximum atomic E-state index is 14.1. The Morgan fingerprint density at radius 1 is 1.32 bits per heavy atom. The van der Waals surface area contributed by atoms with Crippen LogP contribution >= 0.6 is 0 Å². The van der Waals surface area contributed by atoms with Gasteiger partial charge in [-0.15, -0.1) is 0 Å². The first-order valence-corrected chi connectivity index (χ1v) is 9.94. The molecule has 1 aromatic rings. The van der Waals surface area contributed by atoms with E-state index in [1.165, 1.54) is 17.3 Å². The van der Waals surface area contributed by atoms with Crippen molar-refractivity contribution in [3.63, 3.8) is 0 Å². The lowest BCUT2D eigenvalue weighted by Crippen LogP contribution is -2.52. The van der Waals surface area contributed by atoms with Gasteiger partial charge in [-0.05, 0) is 44.7 Å². The standard InChI is InChI=1S/C17H23F2NO4S/c1-3-24-16(21)17(11-13-6-7-14(18)10-15(13)19)8-5-9-20(12-17)25(22,23)4-2/h6-7,10H,3-5,8-9,11-12H2,1-2H3/t17-/m1/s1. The highest BCUT2D eigenvalue weighted by atomic mass is 32.2. The summed E-state index contributed by atoms with van der Waals surface area (Å²) in [6, 6.07) is 3.18. The molecular formula is C17H23F2NO4S. The van der Waals surface area contributed by atoms with Crippen molar-refractivity contribution in [3.05, 3.63) is 35.4 Å². The summed E-state index contributed by atoms with van der Waals surface area (Å²) in [6.07, 6.45) is 0.826. The van der Waals surface area contributed by atoms with Crippen molar-refractivity contribution < 1.29 is 26.7 Å². The largest absolute Gasteiger partial charge is 0.466 e. The Balaban J connectivity index is 2.39. The van der Waals surface area contributed by atoms with Gasteiger partial charge in [0.15, 0.2) is 0 Å². The van der Waals surface area contributed by atoms with E-state index in [2.05, 4.69) is 0 Å². The fourth-order valence-corrected chi connectivity index (χ4v) is 4.42. The van der Waals surface area contributed by atoms with Crippen LogP contribution in [0.3, 0.4) is 0 Å². The van der Waals surface area contributed by atoms with E-state index in [1.807, 2.05) is 0 Å². The Morgan fingerprint density at radius 2 is 2.04 bits per heavy atom. The van der Waals surface area contributed by atoms with Crippen molar-refractivity contribution in [2.45, 2.75) is 33.1 Å². The maximum absolute atomic E-state index is 14.1. The van der Waals surface area contributed by atoms with Crippen LogP contribution in [0.2, 0.25) is 0 Å². The number of sulfonamides is 1. The van der Waals surface area contributed by atoms with Gasteiger partial charge in [0.05, 0.1) is 17.8 Å².